The Kier molecular flexibility index (Phi) is 3.47. The predicted octanol–water partition coefficient (Wildman–Crippen LogP) is 2.36. The molecule has 1 aromatic carbocycles. The molecule has 0 spiro atoms. The molecule has 2 nitrogen and oxygen atoms in total. The molecule has 13 heavy (non-hydrogen) atoms. The molecule has 1 atom stereocenters. The van der Waals surface area contributed by atoms with E-state index < -0.39 is 0 Å². The Bertz CT molecular complexity index is 253. The monoisotopic (exact) mass is 242 g/mol. The molecule has 72 valence electrons. The molecule has 0 aliphatic rings. The number of rotatable bonds is 3. The Balaban J connectivity index is 2.92. The lowest BCUT2D eigenvalue weighted by molar-refractivity contribution is 0.465. The lowest BCUT2D eigenvalue weighted by Gasteiger charge is -2.28. The maximum atomic E-state index is 5.51. The molecule has 0 aliphatic carbocycles. The van der Waals surface area contributed by atoms with Crippen molar-refractivity contribution in [3.63, 3.8) is 0 Å². The van der Waals surface area contributed by atoms with Crippen LogP contribution in [-0.2, 0) is 0 Å². The molecule has 1 unspecified atom stereocenters. The van der Waals surface area contributed by atoms with Gasteiger partial charge in [-0.2, -0.15) is 0 Å². The van der Waals surface area contributed by atoms with Gasteiger partial charge in [-0.1, -0.05) is 46.3 Å². The SMILES string of the molecule is CC(C)(Br)C(NN)c1ccccc1. The van der Waals surface area contributed by atoms with Gasteiger partial charge in [0.1, 0.15) is 0 Å². The Labute approximate surface area is 87.6 Å². The van der Waals surface area contributed by atoms with Gasteiger partial charge in [0.2, 0.25) is 0 Å². The molecule has 0 aromatic heterocycles. The Hall–Kier alpha value is -0.380. The van der Waals surface area contributed by atoms with E-state index in [4.69, 9.17) is 5.84 Å². The van der Waals surface area contributed by atoms with Crippen molar-refractivity contribution in [2.75, 3.05) is 0 Å². The number of alkyl halides is 1. The van der Waals surface area contributed by atoms with Crippen molar-refractivity contribution in [1.82, 2.24) is 5.43 Å². The fraction of sp³-hybridized carbons (Fsp3) is 0.400. The highest BCUT2D eigenvalue weighted by Gasteiger charge is 2.26. The second-order valence-electron chi connectivity index (χ2n) is 3.57. The first-order valence-electron chi connectivity index (χ1n) is 4.25. The number of hydrogen-bond donors (Lipinski definition) is 2. The first kappa shape index (κ1) is 10.7. The number of nitrogens with one attached hydrogen (secondary N) is 1. The molecule has 0 saturated carbocycles. The fourth-order valence-corrected chi connectivity index (χ4v) is 1.73. The molecule has 3 heteroatoms. The third kappa shape index (κ3) is 2.79. The summed E-state index contributed by atoms with van der Waals surface area (Å²) < 4.78 is -0.0525. The summed E-state index contributed by atoms with van der Waals surface area (Å²) in [6, 6.07) is 10.3. The average molecular weight is 243 g/mol. The first-order chi connectivity index (χ1) is 6.05. The molecule has 3 N–H and O–H groups in total. The van der Waals surface area contributed by atoms with Gasteiger partial charge in [0.15, 0.2) is 0 Å². The third-order valence-electron chi connectivity index (χ3n) is 1.99. The van der Waals surface area contributed by atoms with Crippen molar-refractivity contribution < 1.29 is 0 Å². The zero-order valence-corrected chi connectivity index (χ0v) is 9.51. The highest BCUT2D eigenvalue weighted by atomic mass is 79.9. The van der Waals surface area contributed by atoms with Crippen molar-refractivity contribution in [2.45, 2.75) is 24.2 Å². The standard InChI is InChI=1S/C10H15BrN2/c1-10(2,11)9(13-12)8-6-4-3-5-7-8/h3-7,9,13H,12H2,1-2H3. The van der Waals surface area contributed by atoms with E-state index >= 15 is 0 Å². The van der Waals surface area contributed by atoms with Crippen LogP contribution in [0.2, 0.25) is 0 Å². The van der Waals surface area contributed by atoms with E-state index in [-0.39, 0.29) is 10.4 Å². The summed E-state index contributed by atoms with van der Waals surface area (Å²) in [4.78, 5) is 0. The maximum absolute atomic E-state index is 5.51. The minimum Gasteiger partial charge on any atom is -0.271 e. The third-order valence-corrected chi connectivity index (χ3v) is 2.44. The van der Waals surface area contributed by atoms with Gasteiger partial charge in [0, 0.05) is 4.32 Å². The molecule has 0 amide bonds. The Morgan fingerprint density at radius 3 is 2.23 bits per heavy atom. The van der Waals surface area contributed by atoms with Crippen molar-refractivity contribution in [1.29, 1.82) is 0 Å². The Morgan fingerprint density at radius 2 is 1.85 bits per heavy atom. The van der Waals surface area contributed by atoms with Crippen LogP contribution in [0, 0.1) is 0 Å². The molecule has 0 aliphatic heterocycles. The van der Waals surface area contributed by atoms with Gasteiger partial charge in [0.05, 0.1) is 6.04 Å². The molecule has 0 fully saturated rings. The minimum atomic E-state index is -0.0525. The van der Waals surface area contributed by atoms with Crippen LogP contribution in [0.1, 0.15) is 25.5 Å². The van der Waals surface area contributed by atoms with Crippen LogP contribution in [-0.4, -0.2) is 4.32 Å². The van der Waals surface area contributed by atoms with Gasteiger partial charge in [-0.15, -0.1) is 0 Å². The summed E-state index contributed by atoms with van der Waals surface area (Å²) >= 11 is 3.60. The van der Waals surface area contributed by atoms with Crippen LogP contribution >= 0.6 is 15.9 Å². The summed E-state index contributed by atoms with van der Waals surface area (Å²) in [7, 11) is 0. The minimum absolute atomic E-state index is 0.0525. The van der Waals surface area contributed by atoms with E-state index in [1.807, 2.05) is 18.2 Å². The second-order valence-corrected chi connectivity index (χ2v) is 5.62. The summed E-state index contributed by atoms with van der Waals surface area (Å²) in [5.74, 6) is 5.51. The lowest BCUT2D eigenvalue weighted by Crippen LogP contribution is -2.38. The van der Waals surface area contributed by atoms with Crippen molar-refractivity contribution in [2.24, 2.45) is 5.84 Å². The lowest BCUT2D eigenvalue weighted by atomic mass is 9.97. The van der Waals surface area contributed by atoms with Gasteiger partial charge in [-0.3, -0.25) is 11.3 Å². The van der Waals surface area contributed by atoms with Crippen molar-refractivity contribution in [3.05, 3.63) is 35.9 Å². The molecule has 0 saturated heterocycles. The first-order valence-corrected chi connectivity index (χ1v) is 5.05. The normalized spacial score (nSPS) is 14.2. The van der Waals surface area contributed by atoms with Gasteiger partial charge < -0.3 is 0 Å². The van der Waals surface area contributed by atoms with E-state index in [1.165, 1.54) is 5.56 Å². The fourth-order valence-electron chi connectivity index (χ4n) is 1.34. The smallest absolute Gasteiger partial charge is 0.0607 e. The van der Waals surface area contributed by atoms with Crippen LogP contribution in [0.15, 0.2) is 30.3 Å². The van der Waals surface area contributed by atoms with E-state index in [0.717, 1.165) is 0 Å². The molecule has 0 heterocycles. The average Bonchev–Trinajstić information content (AvgIpc) is 2.05. The van der Waals surface area contributed by atoms with Gasteiger partial charge in [0.25, 0.3) is 0 Å². The summed E-state index contributed by atoms with van der Waals surface area (Å²) in [5.41, 5.74) is 4.00. The van der Waals surface area contributed by atoms with Crippen LogP contribution < -0.4 is 11.3 Å². The van der Waals surface area contributed by atoms with Crippen molar-refractivity contribution in [3.8, 4) is 0 Å². The quantitative estimate of drug-likeness (QED) is 0.486. The summed E-state index contributed by atoms with van der Waals surface area (Å²) in [6.45, 7) is 4.18. The molecule has 0 bridgehead atoms. The van der Waals surface area contributed by atoms with Gasteiger partial charge in [-0.05, 0) is 19.4 Å². The second kappa shape index (κ2) is 4.22. The number of halogens is 1. The van der Waals surface area contributed by atoms with E-state index in [2.05, 4.69) is 47.3 Å². The number of nitrogens with two attached hydrogens (primary N) is 1. The number of hydrazine groups is 1. The van der Waals surface area contributed by atoms with Crippen LogP contribution in [0.4, 0.5) is 0 Å². The molecule has 0 radical (unpaired) electrons. The Morgan fingerprint density at radius 1 is 1.31 bits per heavy atom. The predicted molar refractivity (Wildman–Crippen MR) is 59.5 cm³/mol. The molecule has 1 rings (SSSR count). The van der Waals surface area contributed by atoms with Crippen molar-refractivity contribution >= 4 is 15.9 Å². The number of hydrogen-bond acceptors (Lipinski definition) is 2. The van der Waals surface area contributed by atoms with Crippen LogP contribution in [0.3, 0.4) is 0 Å². The van der Waals surface area contributed by atoms with Crippen LogP contribution in [0.5, 0.6) is 0 Å². The zero-order valence-electron chi connectivity index (χ0n) is 7.92. The molecular weight excluding hydrogens is 228 g/mol. The largest absolute Gasteiger partial charge is 0.271 e. The molecular formula is C10H15BrN2. The van der Waals surface area contributed by atoms with E-state index in [9.17, 15) is 0 Å². The maximum Gasteiger partial charge on any atom is 0.0607 e. The zero-order chi connectivity index (χ0) is 9.90. The van der Waals surface area contributed by atoms with Gasteiger partial charge >= 0.3 is 0 Å². The van der Waals surface area contributed by atoms with Crippen LogP contribution in [0.25, 0.3) is 0 Å². The molecule has 1 aromatic rings. The number of benzene rings is 1. The topological polar surface area (TPSA) is 38.0 Å². The van der Waals surface area contributed by atoms with E-state index in [0.29, 0.717) is 0 Å². The van der Waals surface area contributed by atoms with Gasteiger partial charge in [-0.25, -0.2) is 0 Å². The highest BCUT2D eigenvalue weighted by molar-refractivity contribution is 9.10. The van der Waals surface area contributed by atoms with E-state index in [1.54, 1.807) is 0 Å². The summed E-state index contributed by atoms with van der Waals surface area (Å²) in [5, 5.41) is 0. The summed E-state index contributed by atoms with van der Waals surface area (Å²) in [6.07, 6.45) is 0. The highest BCUT2D eigenvalue weighted by Crippen LogP contribution is 2.31.